The molecule has 3 heteroatoms. The molecule has 0 radical (unpaired) electrons. The molecule has 5 rings (SSSR count). The van der Waals surface area contributed by atoms with E-state index in [4.69, 9.17) is 0 Å². The first-order valence-corrected chi connectivity index (χ1v) is 12.1. The Morgan fingerprint density at radius 1 is 0.743 bits per heavy atom. The van der Waals surface area contributed by atoms with Crippen molar-refractivity contribution < 1.29 is 9.07 Å². The smallest absolute Gasteiger partial charge is 0.196 e. The highest BCUT2D eigenvalue weighted by Gasteiger charge is 2.24. The summed E-state index contributed by atoms with van der Waals surface area (Å²) in [5.41, 5.74) is 10.1. The van der Waals surface area contributed by atoms with Crippen LogP contribution in [0, 0.1) is 12.7 Å². The molecule has 0 N–H and O–H groups in total. The fourth-order valence-electron chi connectivity index (χ4n) is 4.80. The topological polar surface area (TPSA) is 8.81 Å². The van der Waals surface area contributed by atoms with Crippen LogP contribution in [-0.2, 0) is 7.05 Å². The van der Waals surface area contributed by atoms with Gasteiger partial charge < -0.3 is 0 Å². The summed E-state index contributed by atoms with van der Waals surface area (Å²) < 4.78 is 18.2. The Kier molecular flexibility index (Phi) is 6.08. The minimum Gasteiger partial charge on any atom is -0.207 e. The van der Waals surface area contributed by atoms with Crippen LogP contribution >= 0.6 is 0 Å². The van der Waals surface area contributed by atoms with Gasteiger partial charge in [-0.3, -0.25) is 0 Å². The molecule has 0 spiro atoms. The highest BCUT2D eigenvalue weighted by Crippen LogP contribution is 2.42. The molecule has 0 saturated carbocycles. The Hall–Kier alpha value is -3.98. The lowest BCUT2D eigenvalue weighted by molar-refractivity contribution is -0.743. The van der Waals surface area contributed by atoms with Gasteiger partial charge in [-0.15, -0.1) is 9.36 Å². The molecule has 5 aromatic rings. The number of aryl methyl sites for hydroxylation is 2. The van der Waals surface area contributed by atoms with Crippen molar-refractivity contribution in [2.75, 3.05) is 0 Å². The van der Waals surface area contributed by atoms with Gasteiger partial charge in [-0.1, -0.05) is 86.6 Å². The van der Waals surface area contributed by atoms with Crippen molar-refractivity contribution in [1.82, 2.24) is 4.68 Å². The summed E-state index contributed by atoms with van der Waals surface area (Å²) in [7, 11) is 2.03. The van der Waals surface area contributed by atoms with Crippen LogP contribution < -0.4 is 4.68 Å². The molecule has 0 aliphatic carbocycles. The Balaban J connectivity index is 1.90. The van der Waals surface area contributed by atoms with Gasteiger partial charge in [0.15, 0.2) is 13.2 Å². The molecule has 0 aliphatic heterocycles. The summed E-state index contributed by atoms with van der Waals surface area (Å²) in [5.74, 6) is 0.162. The predicted molar refractivity (Wildman–Crippen MR) is 142 cm³/mol. The van der Waals surface area contributed by atoms with Crippen molar-refractivity contribution in [3.63, 3.8) is 0 Å². The minimum absolute atomic E-state index is 0.223. The minimum atomic E-state index is -0.223. The molecule has 0 amide bonds. The maximum absolute atomic E-state index is 14.0. The second-order valence-electron chi connectivity index (χ2n) is 9.40. The zero-order valence-electron chi connectivity index (χ0n) is 20.7. The van der Waals surface area contributed by atoms with Crippen LogP contribution in [-0.4, -0.2) is 4.68 Å². The Labute approximate surface area is 206 Å². The van der Waals surface area contributed by atoms with E-state index >= 15 is 0 Å². The van der Waals surface area contributed by atoms with Crippen molar-refractivity contribution >= 4 is 0 Å². The van der Waals surface area contributed by atoms with Crippen LogP contribution in [0.15, 0.2) is 103 Å². The van der Waals surface area contributed by atoms with E-state index in [1.165, 1.54) is 33.9 Å². The molecular weight excluding hydrogens is 431 g/mol. The fourth-order valence-corrected chi connectivity index (χ4v) is 4.80. The van der Waals surface area contributed by atoms with Gasteiger partial charge >= 0.3 is 0 Å². The Morgan fingerprint density at radius 3 is 1.83 bits per heavy atom. The SMILES string of the molecule is Cc1cc(F)ccc1-n1c(-c2c(-c3ccccc3)cc(C(C)C)cc2-c2ccccc2)cc[n+]1C. The summed E-state index contributed by atoms with van der Waals surface area (Å²) in [5, 5.41) is 0. The summed E-state index contributed by atoms with van der Waals surface area (Å²) in [6.45, 7) is 6.44. The first kappa shape index (κ1) is 22.8. The molecule has 0 aliphatic rings. The summed E-state index contributed by atoms with van der Waals surface area (Å²) >= 11 is 0. The molecule has 35 heavy (non-hydrogen) atoms. The molecule has 2 nitrogen and oxygen atoms in total. The third-order valence-corrected chi connectivity index (χ3v) is 6.63. The maximum atomic E-state index is 14.0. The van der Waals surface area contributed by atoms with Crippen LogP contribution in [0.4, 0.5) is 4.39 Å². The zero-order valence-corrected chi connectivity index (χ0v) is 20.7. The first-order chi connectivity index (χ1) is 16.9. The van der Waals surface area contributed by atoms with Crippen molar-refractivity contribution in [3.8, 4) is 39.2 Å². The second-order valence-corrected chi connectivity index (χ2v) is 9.40. The van der Waals surface area contributed by atoms with E-state index in [0.29, 0.717) is 5.92 Å². The van der Waals surface area contributed by atoms with Gasteiger partial charge in [0.2, 0.25) is 0 Å². The van der Waals surface area contributed by atoms with E-state index in [2.05, 4.69) is 108 Å². The summed E-state index contributed by atoms with van der Waals surface area (Å²) in [6, 6.07) is 33.0. The van der Waals surface area contributed by atoms with E-state index in [1.807, 2.05) is 20.0 Å². The average Bonchev–Trinajstić information content (AvgIpc) is 3.25. The van der Waals surface area contributed by atoms with Gasteiger partial charge in [0.05, 0.1) is 0 Å². The van der Waals surface area contributed by atoms with Crippen LogP contribution in [0.1, 0.15) is 30.9 Å². The third-order valence-electron chi connectivity index (χ3n) is 6.63. The van der Waals surface area contributed by atoms with Crippen LogP contribution in [0.3, 0.4) is 0 Å². The van der Waals surface area contributed by atoms with E-state index in [1.54, 1.807) is 6.07 Å². The molecule has 1 aromatic heterocycles. The van der Waals surface area contributed by atoms with Gasteiger partial charge in [0.1, 0.15) is 17.2 Å². The Bertz CT molecular complexity index is 1420. The third kappa shape index (κ3) is 4.30. The molecule has 0 unspecified atom stereocenters. The fraction of sp³-hybridized carbons (Fsp3) is 0.156. The largest absolute Gasteiger partial charge is 0.207 e. The lowest BCUT2D eigenvalue weighted by Crippen LogP contribution is -2.37. The monoisotopic (exact) mass is 461 g/mol. The highest BCUT2D eigenvalue weighted by molar-refractivity contribution is 5.94. The van der Waals surface area contributed by atoms with Crippen LogP contribution in [0.25, 0.3) is 39.2 Å². The number of nitrogens with zero attached hydrogens (tertiary/aromatic N) is 2. The number of benzene rings is 4. The number of halogens is 1. The quantitative estimate of drug-likeness (QED) is 0.235. The first-order valence-electron chi connectivity index (χ1n) is 12.1. The van der Waals surface area contributed by atoms with Crippen LogP contribution in [0.2, 0.25) is 0 Å². The van der Waals surface area contributed by atoms with Gasteiger partial charge in [0, 0.05) is 11.6 Å². The standard InChI is InChI=1S/C32H30FN2/c1-22(2)26-20-28(24-11-7-5-8-12-24)32(29(21-26)25-13-9-6-10-14-25)31-17-18-34(4)35(31)30-16-15-27(33)19-23(30)3/h5-22H,1-4H3/q+1. The Morgan fingerprint density at radius 2 is 1.31 bits per heavy atom. The highest BCUT2D eigenvalue weighted by atomic mass is 19.1. The molecule has 1 heterocycles. The zero-order chi connectivity index (χ0) is 24.5. The normalized spacial score (nSPS) is 11.3. The second kappa shape index (κ2) is 9.34. The van der Waals surface area contributed by atoms with E-state index in [9.17, 15) is 4.39 Å². The van der Waals surface area contributed by atoms with Gasteiger partial charge in [0.25, 0.3) is 0 Å². The van der Waals surface area contributed by atoms with Gasteiger partial charge in [-0.05, 0) is 64.4 Å². The van der Waals surface area contributed by atoms with Crippen molar-refractivity contribution in [2.45, 2.75) is 26.7 Å². The number of rotatable bonds is 5. The molecule has 4 aromatic carbocycles. The predicted octanol–water partition coefficient (Wildman–Crippen LogP) is 7.87. The van der Waals surface area contributed by atoms with Crippen molar-refractivity contribution in [1.29, 1.82) is 0 Å². The molecule has 0 bridgehead atoms. The average molecular weight is 462 g/mol. The summed E-state index contributed by atoms with van der Waals surface area (Å²) in [4.78, 5) is 0. The van der Waals surface area contributed by atoms with Gasteiger partial charge in [-0.25, -0.2) is 4.39 Å². The maximum Gasteiger partial charge on any atom is 0.196 e. The van der Waals surface area contributed by atoms with Crippen molar-refractivity contribution in [2.24, 2.45) is 7.05 Å². The number of aromatic nitrogens is 2. The molecule has 174 valence electrons. The van der Waals surface area contributed by atoms with E-state index in [0.717, 1.165) is 22.5 Å². The number of hydrogen-bond donors (Lipinski definition) is 0. The number of hydrogen-bond acceptors (Lipinski definition) is 0. The summed E-state index contributed by atoms with van der Waals surface area (Å²) in [6.07, 6.45) is 2.07. The molecule has 0 atom stereocenters. The van der Waals surface area contributed by atoms with E-state index in [-0.39, 0.29) is 5.82 Å². The molecular formula is C32H30FN2+. The van der Waals surface area contributed by atoms with Crippen molar-refractivity contribution in [3.05, 3.63) is 120 Å². The van der Waals surface area contributed by atoms with Crippen LogP contribution in [0.5, 0.6) is 0 Å². The molecule has 0 saturated heterocycles. The molecule has 0 fully saturated rings. The lowest BCUT2D eigenvalue weighted by atomic mass is 9.85. The van der Waals surface area contributed by atoms with Gasteiger partial charge in [-0.2, -0.15) is 0 Å². The lowest BCUT2D eigenvalue weighted by Gasteiger charge is -2.20. The van der Waals surface area contributed by atoms with E-state index < -0.39 is 0 Å².